The smallest absolute Gasteiger partial charge is 0.263 e. The van der Waals surface area contributed by atoms with Crippen LogP contribution in [0, 0.1) is 20.8 Å². The number of thioether (sulfide) groups is 1. The van der Waals surface area contributed by atoms with Gasteiger partial charge in [0.05, 0.1) is 11.1 Å². The van der Waals surface area contributed by atoms with Gasteiger partial charge in [0.2, 0.25) is 5.91 Å². The van der Waals surface area contributed by atoms with E-state index in [1.54, 1.807) is 15.9 Å². The first kappa shape index (κ1) is 23.5. The molecule has 0 unspecified atom stereocenters. The van der Waals surface area contributed by atoms with Crippen LogP contribution in [0.15, 0.2) is 28.2 Å². The van der Waals surface area contributed by atoms with Crippen molar-refractivity contribution in [2.45, 2.75) is 72.0 Å². The van der Waals surface area contributed by atoms with Crippen LogP contribution in [0.25, 0.3) is 10.2 Å². The molecule has 3 rings (SSSR count). The molecule has 31 heavy (non-hydrogen) atoms. The topological polar surface area (TPSA) is 64.0 Å². The molecular weight excluding hydrogens is 426 g/mol. The average Bonchev–Trinajstić information content (AvgIpc) is 3.01. The molecule has 5 nitrogen and oxygen atoms in total. The van der Waals surface area contributed by atoms with Crippen LogP contribution >= 0.6 is 23.1 Å². The van der Waals surface area contributed by atoms with E-state index in [0.29, 0.717) is 23.0 Å². The predicted molar refractivity (Wildman–Crippen MR) is 133 cm³/mol. The Kier molecular flexibility index (Phi) is 7.59. The maximum Gasteiger partial charge on any atom is 0.263 e. The van der Waals surface area contributed by atoms with Gasteiger partial charge in [0.25, 0.3) is 5.56 Å². The maximum atomic E-state index is 13.2. The summed E-state index contributed by atoms with van der Waals surface area (Å²) in [6.45, 7) is 13.0. The second-order valence-corrected chi connectivity index (χ2v) is 10.3. The van der Waals surface area contributed by atoms with Crippen molar-refractivity contribution in [3.05, 3.63) is 50.1 Å². The number of unbranched alkanes of at least 4 members (excludes halogenated alkanes) is 1. The van der Waals surface area contributed by atoms with Crippen molar-refractivity contribution in [2.24, 2.45) is 0 Å². The van der Waals surface area contributed by atoms with E-state index >= 15 is 0 Å². The number of amides is 1. The third-order valence-corrected chi connectivity index (χ3v) is 7.59. The van der Waals surface area contributed by atoms with Gasteiger partial charge in [-0.15, -0.1) is 11.3 Å². The molecular formula is C24H31N3O2S2. The lowest BCUT2D eigenvalue weighted by Gasteiger charge is -2.16. The number of aromatic nitrogens is 2. The molecule has 0 atom stereocenters. The third-order valence-electron chi connectivity index (χ3n) is 5.51. The van der Waals surface area contributed by atoms with Gasteiger partial charge in [-0.05, 0) is 49.8 Å². The minimum atomic E-state index is -0.0869. The van der Waals surface area contributed by atoms with Crippen LogP contribution in [0.1, 0.15) is 61.1 Å². The van der Waals surface area contributed by atoms with Crippen molar-refractivity contribution in [2.75, 3.05) is 11.1 Å². The van der Waals surface area contributed by atoms with Crippen LogP contribution in [0.3, 0.4) is 0 Å². The number of nitrogens with zero attached hydrogens (tertiary/aromatic N) is 2. The standard InChI is InChI=1S/C24H31N3O2S2/c1-7-8-12-27-23(29)20-16(5)17(6)31-22(20)26-24(27)30-13-19(28)25-21-15(4)10-9-11-18(21)14(2)3/h9-11,14H,7-8,12-13H2,1-6H3,(H,25,28). The van der Waals surface area contributed by atoms with Crippen molar-refractivity contribution >= 4 is 44.9 Å². The zero-order valence-electron chi connectivity index (χ0n) is 19.2. The number of nitrogens with one attached hydrogen (secondary N) is 1. The summed E-state index contributed by atoms with van der Waals surface area (Å²) in [7, 11) is 0. The normalized spacial score (nSPS) is 11.5. The van der Waals surface area contributed by atoms with E-state index in [0.717, 1.165) is 44.9 Å². The molecule has 2 aromatic heterocycles. The quantitative estimate of drug-likeness (QED) is 0.331. The summed E-state index contributed by atoms with van der Waals surface area (Å²) in [6, 6.07) is 6.08. The Morgan fingerprint density at radius 3 is 2.68 bits per heavy atom. The van der Waals surface area contributed by atoms with E-state index in [2.05, 4.69) is 32.2 Å². The van der Waals surface area contributed by atoms with Gasteiger partial charge in [-0.2, -0.15) is 0 Å². The largest absolute Gasteiger partial charge is 0.325 e. The molecule has 0 saturated heterocycles. The molecule has 1 amide bonds. The van der Waals surface area contributed by atoms with Gasteiger partial charge in [0.15, 0.2) is 5.16 Å². The van der Waals surface area contributed by atoms with Crippen molar-refractivity contribution in [1.29, 1.82) is 0 Å². The van der Waals surface area contributed by atoms with Crippen LogP contribution in [0.4, 0.5) is 5.69 Å². The Morgan fingerprint density at radius 2 is 2.00 bits per heavy atom. The Hall–Kier alpha value is -2.12. The fraction of sp³-hybridized carbons (Fsp3) is 0.458. The van der Waals surface area contributed by atoms with E-state index in [9.17, 15) is 9.59 Å². The number of hydrogen-bond donors (Lipinski definition) is 1. The number of benzene rings is 1. The molecule has 0 bridgehead atoms. The Morgan fingerprint density at radius 1 is 1.26 bits per heavy atom. The van der Waals surface area contributed by atoms with Gasteiger partial charge in [0, 0.05) is 17.1 Å². The van der Waals surface area contributed by atoms with Gasteiger partial charge in [-0.1, -0.05) is 57.2 Å². The fourth-order valence-corrected chi connectivity index (χ4v) is 5.48. The fourth-order valence-electron chi connectivity index (χ4n) is 3.58. The minimum Gasteiger partial charge on any atom is -0.325 e. The number of para-hydroxylation sites is 1. The van der Waals surface area contributed by atoms with E-state index in [1.165, 1.54) is 11.8 Å². The molecule has 0 fully saturated rings. The highest BCUT2D eigenvalue weighted by molar-refractivity contribution is 7.99. The Balaban J connectivity index is 1.87. The number of carbonyl (C=O) groups is 1. The molecule has 7 heteroatoms. The first-order chi connectivity index (χ1) is 14.7. The van der Waals surface area contributed by atoms with Crippen molar-refractivity contribution in [3.8, 4) is 0 Å². The first-order valence-corrected chi connectivity index (χ1v) is 12.6. The van der Waals surface area contributed by atoms with Crippen molar-refractivity contribution in [3.63, 3.8) is 0 Å². The van der Waals surface area contributed by atoms with E-state index < -0.39 is 0 Å². The number of rotatable bonds is 8. The SMILES string of the molecule is CCCCn1c(SCC(=O)Nc2c(C)cccc2C(C)C)nc2sc(C)c(C)c2c1=O. The number of aryl methyl sites for hydroxylation is 3. The van der Waals surface area contributed by atoms with E-state index in [1.807, 2.05) is 32.9 Å². The summed E-state index contributed by atoms with van der Waals surface area (Å²) in [5, 5.41) is 4.42. The highest BCUT2D eigenvalue weighted by atomic mass is 32.2. The van der Waals surface area contributed by atoms with Crippen LogP contribution in [0.5, 0.6) is 0 Å². The summed E-state index contributed by atoms with van der Waals surface area (Å²) in [4.78, 5) is 32.7. The van der Waals surface area contributed by atoms with Gasteiger partial charge in [-0.25, -0.2) is 4.98 Å². The lowest BCUT2D eigenvalue weighted by molar-refractivity contribution is -0.113. The molecule has 0 aliphatic carbocycles. The molecule has 0 spiro atoms. The van der Waals surface area contributed by atoms with Gasteiger partial charge in [0.1, 0.15) is 4.83 Å². The molecule has 1 N–H and O–H groups in total. The van der Waals surface area contributed by atoms with E-state index in [4.69, 9.17) is 4.98 Å². The summed E-state index contributed by atoms with van der Waals surface area (Å²) in [5.41, 5.74) is 4.08. The second kappa shape index (κ2) is 10.0. The molecule has 166 valence electrons. The summed E-state index contributed by atoms with van der Waals surface area (Å²) >= 11 is 2.88. The Labute approximate surface area is 192 Å². The molecule has 0 radical (unpaired) electrons. The molecule has 0 saturated carbocycles. The number of carbonyl (C=O) groups excluding carboxylic acids is 1. The molecule has 1 aromatic carbocycles. The zero-order valence-corrected chi connectivity index (χ0v) is 20.8. The van der Waals surface area contributed by atoms with Crippen LogP contribution in [0.2, 0.25) is 0 Å². The van der Waals surface area contributed by atoms with Gasteiger partial charge >= 0.3 is 0 Å². The minimum absolute atomic E-state index is 0.00389. The lowest BCUT2D eigenvalue weighted by atomic mass is 9.98. The Bertz CT molecular complexity index is 1160. The second-order valence-electron chi connectivity index (χ2n) is 8.20. The van der Waals surface area contributed by atoms with Crippen LogP contribution < -0.4 is 10.9 Å². The molecule has 0 aliphatic heterocycles. The number of fused-ring (bicyclic) bond motifs is 1. The summed E-state index contributed by atoms with van der Waals surface area (Å²) < 4.78 is 1.75. The molecule has 2 heterocycles. The summed E-state index contributed by atoms with van der Waals surface area (Å²) in [6.07, 6.45) is 1.89. The van der Waals surface area contributed by atoms with Crippen molar-refractivity contribution < 1.29 is 4.79 Å². The predicted octanol–water partition coefficient (Wildman–Crippen LogP) is 6.04. The van der Waals surface area contributed by atoms with E-state index in [-0.39, 0.29) is 17.2 Å². The zero-order chi connectivity index (χ0) is 22.7. The monoisotopic (exact) mass is 457 g/mol. The average molecular weight is 458 g/mol. The number of anilines is 1. The highest BCUT2D eigenvalue weighted by Gasteiger charge is 2.18. The highest BCUT2D eigenvalue weighted by Crippen LogP contribution is 2.30. The van der Waals surface area contributed by atoms with Crippen molar-refractivity contribution in [1.82, 2.24) is 9.55 Å². The lowest BCUT2D eigenvalue weighted by Crippen LogP contribution is -2.24. The molecule has 0 aliphatic rings. The number of thiophene rings is 1. The van der Waals surface area contributed by atoms with Crippen LogP contribution in [-0.2, 0) is 11.3 Å². The third kappa shape index (κ3) is 5.04. The van der Waals surface area contributed by atoms with Gasteiger partial charge < -0.3 is 5.32 Å². The maximum absolute atomic E-state index is 13.2. The first-order valence-electron chi connectivity index (χ1n) is 10.8. The number of hydrogen-bond acceptors (Lipinski definition) is 5. The van der Waals surface area contributed by atoms with Gasteiger partial charge in [-0.3, -0.25) is 14.2 Å². The summed E-state index contributed by atoms with van der Waals surface area (Å²) in [5.74, 6) is 0.437. The van der Waals surface area contributed by atoms with Crippen LogP contribution in [-0.4, -0.2) is 21.2 Å². The molecule has 3 aromatic rings.